The summed E-state index contributed by atoms with van der Waals surface area (Å²) in [5, 5.41) is 5.55. The van der Waals surface area contributed by atoms with E-state index in [1.807, 2.05) is 42.8 Å². The predicted octanol–water partition coefficient (Wildman–Crippen LogP) is 6.99. The van der Waals surface area contributed by atoms with Gasteiger partial charge < -0.3 is 44.6 Å². The largest absolute Gasteiger partial charge is 0.453 e. The zero-order chi connectivity index (χ0) is 40.9. The Morgan fingerprint density at radius 1 is 0.741 bits per heavy atom. The number of hydrogen-bond donors (Lipinski definition) is 4. The van der Waals surface area contributed by atoms with Crippen molar-refractivity contribution in [2.45, 2.75) is 89.6 Å². The van der Waals surface area contributed by atoms with Gasteiger partial charge in [0.15, 0.2) is 0 Å². The highest BCUT2D eigenvalue weighted by atomic mass is 16.5. The van der Waals surface area contributed by atoms with Crippen LogP contribution in [0.15, 0.2) is 66.9 Å². The number of ether oxygens (including phenoxy) is 3. The number of amides is 4. The fourth-order valence-corrected chi connectivity index (χ4v) is 8.74. The Hall–Kier alpha value is -5.63. The molecule has 3 aliphatic heterocycles. The number of likely N-dealkylation sites (tertiary alicyclic amines) is 2. The first-order valence-corrected chi connectivity index (χ1v) is 20.4. The van der Waals surface area contributed by atoms with Crippen LogP contribution in [0.3, 0.4) is 0 Å². The van der Waals surface area contributed by atoms with Gasteiger partial charge in [-0.15, -0.1) is 0 Å². The molecule has 0 radical (unpaired) electrons. The fraction of sp³-hybridized carbons (Fsp3) is 0.477. The maximum atomic E-state index is 14.0. The molecule has 0 bridgehead atoms. The van der Waals surface area contributed by atoms with Crippen LogP contribution in [0.5, 0.6) is 0 Å². The highest BCUT2D eigenvalue weighted by molar-refractivity contribution is 5.87. The number of hydrogen-bond acceptors (Lipinski definition) is 8. The van der Waals surface area contributed by atoms with Crippen LogP contribution in [0.4, 0.5) is 9.59 Å². The number of nitrogens with one attached hydrogen (secondary N) is 4. The molecule has 4 amide bonds. The summed E-state index contributed by atoms with van der Waals surface area (Å²) >= 11 is 0. The highest BCUT2D eigenvalue weighted by Crippen LogP contribution is 2.36. The summed E-state index contributed by atoms with van der Waals surface area (Å²) in [7, 11) is 2.61. The van der Waals surface area contributed by atoms with Crippen molar-refractivity contribution in [3.8, 4) is 33.6 Å². The third-order valence-electron chi connectivity index (χ3n) is 11.9. The third-order valence-corrected chi connectivity index (χ3v) is 11.9. The molecule has 308 valence electrons. The second-order valence-electron chi connectivity index (χ2n) is 16.0. The van der Waals surface area contributed by atoms with Gasteiger partial charge in [0.05, 0.1) is 44.3 Å². The maximum absolute atomic E-state index is 14.0. The number of methoxy groups -OCH3 is 2. The van der Waals surface area contributed by atoms with Crippen LogP contribution in [0.2, 0.25) is 0 Å². The number of aromatic nitrogens is 3. The summed E-state index contributed by atoms with van der Waals surface area (Å²) in [5.41, 5.74) is 6.97. The van der Waals surface area contributed by atoms with Crippen molar-refractivity contribution in [3.63, 3.8) is 0 Å². The molecule has 5 heterocycles. The molecule has 3 saturated heterocycles. The minimum atomic E-state index is -0.697. The molecule has 0 saturated carbocycles. The van der Waals surface area contributed by atoms with E-state index in [0.717, 1.165) is 70.8 Å². The number of aromatic amines is 2. The number of benzene rings is 2. The zero-order valence-corrected chi connectivity index (χ0v) is 34.0. The van der Waals surface area contributed by atoms with E-state index < -0.39 is 24.3 Å². The predicted molar refractivity (Wildman–Crippen MR) is 218 cm³/mol. The van der Waals surface area contributed by atoms with E-state index in [1.54, 1.807) is 0 Å². The van der Waals surface area contributed by atoms with Crippen molar-refractivity contribution in [1.82, 2.24) is 35.4 Å². The van der Waals surface area contributed by atoms with E-state index in [2.05, 4.69) is 75.2 Å². The first-order valence-electron chi connectivity index (χ1n) is 20.4. The van der Waals surface area contributed by atoms with Gasteiger partial charge in [0.1, 0.15) is 17.9 Å². The molecule has 4 N–H and O–H groups in total. The van der Waals surface area contributed by atoms with Crippen molar-refractivity contribution in [2.24, 2.45) is 11.8 Å². The summed E-state index contributed by atoms with van der Waals surface area (Å²) in [6.45, 7) is 7.60. The van der Waals surface area contributed by atoms with Crippen LogP contribution in [-0.2, 0) is 23.8 Å². The van der Waals surface area contributed by atoms with Crippen molar-refractivity contribution in [2.75, 3.05) is 33.9 Å². The average Bonchev–Trinajstić information content (AvgIpc) is 4.08. The Balaban J connectivity index is 1.00. The second kappa shape index (κ2) is 17.9. The average molecular weight is 794 g/mol. The highest BCUT2D eigenvalue weighted by Gasteiger charge is 2.41. The second-order valence-corrected chi connectivity index (χ2v) is 16.0. The van der Waals surface area contributed by atoms with Crippen LogP contribution in [-0.4, -0.2) is 101 Å². The molecule has 2 aromatic heterocycles. The van der Waals surface area contributed by atoms with E-state index in [1.165, 1.54) is 14.2 Å². The lowest BCUT2D eigenvalue weighted by Crippen LogP contribution is -2.53. The molecule has 2 aromatic carbocycles. The molecule has 14 nitrogen and oxygen atoms in total. The molecule has 0 spiro atoms. The fourth-order valence-electron chi connectivity index (χ4n) is 8.74. The summed E-state index contributed by atoms with van der Waals surface area (Å²) in [4.78, 5) is 67.4. The van der Waals surface area contributed by atoms with Gasteiger partial charge in [-0.05, 0) is 91.7 Å². The molecule has 6 atom stereocenters. The van der Waals surface area contributed by atoms with Crippen molar-refractivity contribution < 1.29 is 33.4 Å². The van der Waals surface area contributed by atoms with Gasteiger partial charge in [-0.2, -0.15) is 0 Å². The molecule has 0 aliphatic carbocycles. The molecular formula is C44H55N7O7. The van der Waals surface area contributed by atoms with Crippen LogP contribution in [0.1, 0.15) is 82.9 Å². The quantitative estimate of drug-likeness (QED) is 0.126. The molecule has 3 aliphatic rings. The number of nitrogens with zero attached hydrogens (tertiary/aromatic N) is 3. The summed E-state index contributed by atoms with van der Waals surface area (Å²) < 4.78 is 15.4. The van der Waals surface area contributed by atoms with Gasteiger partial charge >= 0.3 is 12.2 Å². The molecule has 14 heteroatoms. The molecule has 7 rings (SSSR count). The van der Waals surface area contributed by atoms with Crippen molar-refractivity contribution >= 4 is 24.0 Å². The zero-order valence-electron chi connectivity index (χ0n) is 34.0. The van der Waals surface area contributed by atoms with Crippen molar-refractivity contribution in [3.05, 3.63) is 78.4 Å². The Bertz CT molecular complexity index is 2060. The van der Waals surface area contributed by atoms with E-state index in [0.29, 0.717) is 32.5 Å². The Morgan fingerprint density at radius 3 is 1.95 bits per heavy atom. The molecule has 5 unspecified atom stereocenters. The van der Waals surface area contributed by atoms with Crippen LogP contribution >= 0.6 is 0 Å². The van der Waals surface area contributed by atoms with Crippen LogP contribution in [0, 0.1) is 11.8 Å². The Morgan fingerprint density at radius 2 is 1.33 bits per heavy atom. The van der Waals surface area contributed by atoms with E-state index >= 15 is 0 Å². The summed E-state index contributed by atoms with van der Waals surface area (Å²) in [5.74, 6) is 0.379. The lowest BCUT2D eigenvalue weighted by atomic mass is 9.88. The topological polar surface area (TPSA) is 171 Å². The summed E-state index contributed by atoms with van der Waals surface area (Å²) in [6, 6.07) is 19.1. The third kappa shape index (κ3) is 8.76. The normalized spacial score (nSPS) is 21.8. The molecule has 58 heavy (non-hydrogen) atoms. The van der Waals surface area contributed by atoms with Gasteiger partial charge in [0.25, 0.3) is 0 Å². The van der Waals surface area contributed by atoms with Crippen LogP contribution < -0.4 is 10.6 Å². The number of H-pyrrole nitrogens is 2. The minimum Gasteiger partial charge on any atom is -0.453 e. The smallest absolute Gasteiger partial charge is 0.407 e. The minimum absolute atomic E-state index is 0.0118. The van der Waals surface area contributed by atoms with E-state index in [-0.39, 0.29) is 41.8 Å². The first kappa shape index (κ1) is 40.6. The SMILES string of the molecule is COC(=O)NC(C(=O)N1CCCC1c1ccc(-c2ccc(-c3ccc(-c4cnc([C@@H]5CCCN5C(=O)C(NC(=O)OC)C5CCOC(C)C5)[nH]4)cc3)cc2)[nH]1)C(C)C. The summed E-state index contributed by atoms with van der Waals surface area (Å²) in [6.07, 6.45) is 5.32. The molecular weight excluding hydrogens is 739 g/mol. The number of carbonyl (C=O) groups is 4. The van der Waals surface area contributed by atoms with E-state index in [9.17, 15) is 19.2 Å². The molecule has 4 aromatic rings. The number of rotatable bonds is 11. The molecule has 3 fully saturated rings. The number of alkyl carbamates (subject to hydrolysis) is 2. The van der Waals surface area contributed by atoms with E-state index in [4.69, 9.17) is 19.2 Å². The van der Waals surface area contributed by atoms with Gasteiger partial charge in [0.2, 0.25) is 11.8 Å². The monoisotopic (exact) mass is 793 g/mol. The number of imidazole rings is 1. The Kier molecular flexibility index (Phi) is 12.5. The standard InChI is InChI=1S/C44H55N7O7/c1-26(2)38(48-43(54)56-4)41(52)50-21-6-8-36(50)34-19-18-33(46-34)30-14-10-28(11-15-30)29-12-16-31(17-13-29)35-25-45-40(47-35)37-9-7-22-51(37)42(53)39(49-44(55)57-5)32-20-23-58-27(3)24-32/h10-19,25-27,32,36-39,46H,6-9,20-24H2,1-5H3,(H,45,47)(H,48,54)(H,49,55)/t27?,32?,36?,37-,38?,39?/m0/s1. The van der Waals surface area contributed by atoms with Crippen LogP contribution in [0.25, 0.3) is 33.6 Å². The lowest BCUT2D eigenvalue weighted by Gasteiger charge is -2.36. The lowest BCUT2D eigenvalue weighted by molar-refractivity contribution is -0.137. The van der Waals surface area contributed by atoms with Crippen molar-refractivity contribution in [1.29, 1.82) is 0 Å². The van der Waals surface area contributed by atoms with Gasteiger partial charge in [-0.25, -0.2) is 14.6 Å². The van der Waals surface area contributed by atoms with Gasteiger partial charge in [-0.1, -0.05) is 62.4 Å². The van der Waals surface area contributed by atoms with Gasteiger partial charge in [-0.3, -0.25) is 9.59 Å². The van der Waals surface area contributed by atoms with Gasteiger partial charge in [0, 0.05) is 31.1 Å². The maximum Gasteiger partial charge on any atom is 0.407 e. The first-order chi connectivity index (χ1) is 28.0. The Labute approximate surface area is 339 Å². The number of carbonyl (C=O) groups excluding carboxylic acids is 4.